The number of hydrogen-bond acceptors (Lipinski definition) is 4. The van der Waals surface area contributed by atoms with Gasteiger partial charge in [0.05, 0.1) is 4.90 Å². The zero-order chi connectivity index (χ0) is 17.0. The number of aliphatic carboxylic acids is 1. The smallest absolute Gasteiger partial charge is 0.329 e. The van der Waals surface area contributed by atoms with Crippen molar-refractivity contribution < 1.29 is 23.1 Å². The molecule has 0 aliphatic carbocycles. The van der Waals surface area contributed by atoms with Crippen LogP contribution in [-0.2, 0) is 19.6 Å². The fourth-order valence-corrected chi connectivity index (χ4v) is 2.65. The van der Waals surface area contributed by atoms with E-state index in [0.29, 0.717) is 0 Å². The molecule has 0 heterocycles. The lowest BCUT2D eigenvalue weighted by Crippen LogP contribution is -2.51. The van der Waals surface area contributed by atoms with E-state index in [1.54, 1.807) is 18.2 Å². The number of sulfonamides is 1. The first-order valence-electron chi connectivity index (χ1n) is 6.64. The van der Waals surface area contributed by atoms with Gasteiger partial charge in [-0.25, -0.2) is 17.9 Å². The molecule has 0 bridgehead atoms. The Morgan fingerprint density at radius 1 is 1.23 bits per heavy atom. The van der Waals surface area contributed by atoms with Crippen molar-refractivity contribution in [1.29, 1.82) is 0 Å². The molecule has 0 unspecified atom stereocenters. The van der Waals surface area contributed by atoms with E-state index in [9.17, 15) is 18.0 Å². The molecule has 0 atom stereocenters. The lowest BCUT2D eigenvalue weighted by molar-refractivity contribution is -0.155. The number of nitrogens with zero attached hydrogens (tertiary/aromatic N) is 1. The summed E-state index contributed by atoms with van der Waals surface area (Å²) in [6, 6.07) is 7.80. The normalized spacial score (nSPS) is 12.0. The zero-order valence-electron chi connectivity index (χ0n) is 12.7. The standard InChI is InChI=1S/C14H20N2O5S/c1-14(2,13(18)19)16(3)12(17)9-10-15-22(20,21)11-7-5-4-6-8-11/h4-8,15H,9-10H2,1-3H3,(H,18,19). The van der Waals surface area contributed by atoms with Gasteiger partial charge >= 0.3 is 5.97 Å². The summed E-state index contributed by atoms with van der Waals surface area (Å²) in [5.74, 6) is -1.59. The highest BCUT2D eigenvalue weighted by molar-refractivity contribution is 7.89. The highest BCUT2D eigenvalue weighted by Crippen LogP contribution is 2.13. The van der Waals surface area contributed by atoms with E-state index in [1.165, 1.54) is 33.0 Å². The van der Waals surface area contributed by atoms with Gasteiger partial charge in [-0.1, -0.05) is 18.2 Å². The number of likely N-dealkylation sites (N-methyl/N-ethyl adjacent to an activating group) is 1. The maximum absolute atomic E-state index is 12.0. The van der Waals surface area contributed by atoms with Gasteiger partial charge in [-0.05, 0) is 26.0 Å². The van der Waals surface area contributed by atoms with Crippen LogP contribution in [-0.4, -0.2) is 49.4 Å². The van der Waals surface area contributed by atoms with E-state index < -0.39 is 27.4 Å². The molecule has 7 nitrogen and oxygen atoms in total. The molecule has 0 fully saturated rings. The molecule has 8 heteroatoms. The Kier molecular flexibility index (Phi) is 5.67. The molecule has 1 aromatic rings. The molecule has 0 aliphatic rings. The van der Waals surface area contributed by atoms with Gasteiger partial charge in [-0.3, -0.25) is 4.79 Å². The molecule has 22 heavy (non-hydrogen) atoms. The number of carbonyl (C=O) groups is 2. The summed E-state index contributed by atoms with van der Waals surface area (Å²) in [4.78, 5) is 24.2. The minimum atomic E-state index is -3.67. The van der Waals surface area contributed by atoms with Gasteiger partial charge in [0.15, 0.2) is 0 Å². The molecule has 0 saturated carbocycles. The summed E-state index contributed by atoms with van der Waals surface area (Å²) in [6.07, 6.45) is -0.126. The third-order valence-electron chi connectivity index (χ3n) is 3.42. The minimum Gasteiger partial charge on any atom is -0.480 e. The largest absolute Gasteiger partial charge is 0.480 e. The van der Waals surface area contributed by atoms with E-state index >= 15 is 0 Å². The molecule has 0 spiro atoms. The maximum atomic E-state index is 12.0. The van der Waals surface area contributed by atoms with Crippen molar-refractivity contribution in [3.63, 3.8) is 0 Å². The summed E-state index contributed by atoms with van der Waals surface area (Å²) in [7, 11) is -2.29. The lowest BCUT2D eigenvalue weighted by Gasteiger charge is -2.31. The van der Waals surface area contributed by atoms with Crippen LogP contribution in [0.4, 0.5) is 0 Å². The summed E-state index contributed by atoms with van der Waals surface area (Å²) in [6.45, 7) is 2.71. The van der Waals surface area contributed by atoms with Crippen LogP contribution in [0.1, 0.15) is 20.3 Å². The minimum absolute atomic E-state index is 0.101. The van der Waals surface area contributed by atoms with E-state index in [-0.39, 0.29) is 17.9 Å². The van der Waals surface area contributed by atoms with Crippen molar-refractivity contribution in [2.45, 2.75) is 30.7 Å². The van der Waals surface area contributed by atoms with Crippen LogP contribution in [0.15, 0.2) is 35.2 Å². The Labute approximate surface area is 130 Å². The molecular weight excluding hydrogens is 308 g/mol. The second kappa shape index (κ2) is 6.89. The molecule has 0 radical (unpaired) electrons. The van der Waals surface area contributed by atoms with Crippen LogP contribution in [0.2, 0.25) is 0 Å². The van der Waals surface area contributed by atoms with Crippen LogP contribution in [0.25, 0.3) is 0 Å². The molecule has 0 aliphatic heterocycles. The van der Waals surface area contributed by atoms with Crippen LogP contribution in [0.3, 0.4) is 0 Å². The van der Waals surface area contributed by atoms with Crippen molar-refractivity contribution in [3.05, 3.63) is 30.3 Å². The first-order chi connectivity index (χ1) is 10.1. The topological polar surface area (TPSA) is 104 Å². The fraction of sp³-hybridized carbons (Fsp3) is 0.429. The van der Waals surface area contributed by atoms with Crippen molar-refractivity contribution >= 4 is 21.9 Å². The molecule has 1 rings (SSSR count). The Morgan fingerprint density at radius 3 is 2.27 bits per heavy atom. The summed E-state index contributed by atoms with van der Waals surface area (Å²) >= 11 is 0. The van der Waals surface area contributed by atoms with Crippen LogP contribution >= 0.6 is 0 Å². The monoisotopic (exact) mass is 328 g/mol. The quantitative estimate of drug-likeness (QED) is 0.766. The Morgan fingerprint density at radius 2 is 1.77 bits per heavy atom. The third kappa shape index (κ3) is 4.28. The molecule has 1 aromatic carbocycles. The maximum Gasteiger partial charge on any atom is 0.329 e. The van der Waals surface area contributed by atoms with E-state index in [2.05, 4.69) is 4.72 Å². The molecule has 0 aromatic heterocycles. The van der Waals surface area contributed by atoms with Crippen molar-refractivity contribution in [3.8, 4) is 0 Å². The Bertz CT molecular complexity index is 640. The zero-order valence-corrected chi connectivity index (χ0v) is 13.6. The molecule has 2 N–H and O–H groups in total. The first-order valence-corrected chi connectivity index (χ1v) is 8.12. The van der Waals surface area contributed by atoms with Gasteiger partial charge in [0.25, 0.3) is 0 Å². The molecule has 0 saturated heterocycles. The van der Waals surface area contributed by atoms with Crippen LogP contribution in [0.5, 0.6) is 0 Å². The van der Waals surface area contributed by atoms with Gasteiger partial charge < -0.3 is 10.0 Å². The molecular formula is C14H20N2O5S. The molecule has 1 amide bonds. The van der Waals surface area contributed by atoms with Gasteiger partial charge in [0, 0.05) is 20.0 Å². The average molecular weight is 328 g/mol. The number of nitrogens with one attached hydrogen (secondary N) is 1. The van der Waals surface area contributed by atoms with Crippen molar-refractivity contribution in [1.82, 2.24) is 9.62 Å². The fourth-order valence-electron chi connectivity index (χ4n) is 1.60. The van der Waals surface area contributed by atoms with Crippen molar-refractivity contribution in [2.75, 3.05) is 13.6 Å². The number of hydrogen-bond donors (Lipinski definition) is 2. The number of rotatable bonds is 7. The number of carboxylic acids is 1. The predicted octanol–water partition coefficient (Wildman–Crippen LogP) is 0.677. The average Bonchev–Trinajstić information content (AvgIpc) is 2.46. The highest BCUT2D eigenvalue weighted by Gasteiger charge is 2.34. The Hall–Kier alpha value is -1.93. The number of amides is 1. The van der Waals surface area contributed by atoms with Gasteiger partial charge in [0.2, 0.25) is 15.9 Å². The highest BCUT2D eigenvalue weighted by atomic mass is 32.2. The second-order valence-corrected chi connectivity index (χ2v) is 7.04. The van der Waals surface area contributed by atoms with Crippen LogP contribution < -0.4 is 4.72 Å². The van der Waals surface area contributed by atoms with Gasteiger partial charge in [-0.15, -0.1) is 0 Å². The van der Waals surface area contributed by atoms with Gasteiger partial charge in [0.1, 0.15) is 5.54 Å². The number of carboxylic acid groups (broad SMARTS) is 1. The lowest BCUT2D eigenvalue weighted by atomic mass is 10.0. The van der Waals surface area contributed by atoms with E-state index in [4.69, 9.17) is 5.11 Å². The first kappa shape index (κ1) is 18.1. The third-order valence-corrected chi connectivity index (χ3v) is 4.90. The summed E-state index contributed by atoms with van der Waals surface area (Å²) < 4.78 is 26.2. The number of carbonyl (C=O) groups excluding carboxylic acids is 1. The molecule has 122 valence electrons. The van der Waals surface area contributed by atoms with Crippen molar-refractivity contribution in [2.24, 2.45) is 0 Å². The van der Waals surface area contributed by atoms with Crippen LogP contribution in [0, 0.1) is 0 Å². The van der Waals surface area contributed by atoms with E-state index in [0.717, 1.165) is 4.90 Å². The summed E-state index contributed by atoms with van der Waals surface area (Å²) in [5, 5.41) is 9.06. The predicted molar refractivity (Wildman–Crippen MR) is 80.7 cm³/mol. The second-order valence-electron chi connectivity index (χ2n) is 5.28. The van der Waals surface area contributed by atoms with Gasteiger partial charge in [-0.2, -0.15) is 0 Å². The number of benzene rings is 1. The van der Waals surface area contributed by atoms with E-state index in [1.807, 2.05) is 0 Å². The SMILES string of the molecule is CN(C(=O)CCNS(=O)(=O)c1ccccc1)C(C)(C)C(=O)O. The summed E-state index contributed by atoms with van der Waals surface area (Å²) in [5.41, 5.74) is -1.35. The Balaban J connectivity index is 2.61.